The Morgan fingerprint density at radius 2 is 1.69 bits per heavy atom. The summed E-state index contributed by atoms with van der Waals surface area (Å²) in [6.45, 7) is 3.47. The van der Waals surface area contributed by atoms with Gasteiger partial charge < -0.3 is 9.64 Å². The number of hydrogen-bond donors (Lipinski definition) is 0. The van der Waals surface area contributed by atoms with E-state index in [9.17, 15) is 14.4 Å². The van der Waals surface area contributed by atoms with Crippen molar-refractivity contribution in [2.75, 3.05) is 39.8 Å². The molecule has 2 aliphatic heterocycles. The molecule has 2 saturated heterocycles. The van der Waals surface area contributed by atoms with Crippen LogP contribution in [0.15, 0.2) is 33.3 Å². The topological polar surface area (TPSA) is 79.8 Å². The van der Waals surface area contributed by atoms with Gasteiger partial charge in [0.25, 0.3) is 0 Å². The first-order valence-corrected chi connectivity index (χ1v) is 16.9. The molecule has 1 amide bonds. The Kier molecular flexibility index (Phi) is 10.8. The van der Waals surface area contributed by atoms with Crippen molar-refractivity contribution in [1.29, 1.82) is 0 Å². The fourth-order valence-corrected chi connectivity index (χ4v) is 8.42. The minimum absolute atomic E-state index is 0.00537. The van der Waals surface area contributed by atoms with Crippen molar-refractivity contribution in [3.05, 3.63) is 60.7 Å². The Morgan fingerprint density at radius 1 is 0.976 bits per heavy atom. The van der Waals surface area contributed by atoms with Crippen LogP contribution in [0.5, 0.6) is 0 Å². The van der Waals surface area contributed by atoms with Gasteiger partial charge in [-0.25, -0.2) is 0 Å². The molecule has 10 heteroatoms. The number of esters is 1. The molecule has 1 aromatic heterocycles. The molecule has 1 atom stereocenters. The lowest BCUT2D eigenvalue weighted by Gasteiger charge is -2.38. The predicted octanol–water partition coefficient (Wildman–Crippen LogP) is 6.35. The van der Waals surface area contributed by atoms with Crippen molar-refractivity contribution in [2.45, 2.75) is 63.7 Å². The van der Waals surface area contributed by atoms with E-state index < -0.39 is 0 Å². The molecule has 0 saturated carbocycles. The van der Waals surface area contributed by atoms with Crippen LogP contribution in [0.1, 0.15) is 73.2 Å². The summed E-state index contributed by atoms with van der Waals surface area (Å²) in [6, 6.07) is 6.34. The molecule has 0 radical (unpaired) electrons. The van der Waals surface area contributed by atoms with Crippen LogP contribution in [0.4, 0.5) is 0 Å². The number of benzene rings is 1. The highest BCUT2D eigenvalue weighted by Crippen LogP contribution is 2.46. The van der Waals surface area contributed by atoms with E-state index >= 15 is 0 Å². The molecule has 3 aliphatic rings. The van der Waals surface area contributed by atoms with E-state index in [0.717, 1.165) is 52.7 Å². The maximum Gasteiger partial charge on any atom is 0.305 e. The lowest BCUT2D eigenvalue weighted by atomic mass is 9.76. The molecule has 226 valence electrons. The van der Waals surface area contributed by atoms with E-state index in [0.29, 0.717) is 57.0 Å². The number of carbonyl (C=O) groups is 3. The summed E-state index contributed by atoms with van der Waals surface area (Å²) in [5.74, 6) is 0.675. The quantitative estimate of drug-likeness (QED) is 0.296. The second-order valence-electron chi connectivity index (χ2n) is 11.8. The number of hydrogen-bond acceptors (Lipinski definition) is 6. The molecule has 1 aromatic carbocycles. The Balaban J connectivity index is 1.17. The number of methoxy groups -OCH3 is 1. The summed E-state index contributed by atoms with van der Waals surface area (Å²) in [5, 5.41) is 0.751. The van der Waals surface area contributed by atoms with Gasteiger partial charge in [-0.05, 0) is 115 Å². The minimum atomic E-state index is -0.289. The number of ketones is 1. The lowest BCUT2D eigenvalue weighted by Crippen LogP contribution is -2.44. The standard InChI is InChI=1S/C32H38Br2ClN3O4/c1-42-29(41)4-2-3-28(40)38-13-9-20(10-14-38)27(39)19-37-11-7-21(8-12-37)31-30-22(16-25(35)17-26(30)34)5-6-23-15-24(33)18-36-32(23)31/h15-18,20-21,31H,2-14,19H2,1H3/t31-/m1/s1. The van der Waals surface area contributed by atoms with Crippen LogP contribution < -0.4 is 0 Å². The van der Waals surface area contributed by atoms with E-state index in [1.807, 2.05) is 17.2 Å². The van der Waals surface area contributed by atoms with Crippen molar-refractivity contribution in [1.82, 2.24) is 14.8 Å². The number of nitrogens with zero attached hydrogens (tertiary/aromatic N) is 3. The highest BCUT2D eigenvalue weighted by atomic mass is 79.9. The summed E-state index contributed by atoms with van der Waals surface area (Å²) < 4.78 is 6.71. The smallest absolute Gasteiger partial charge is 0.305 e. The van der Waals surface area contributed by atoms with Crippen LogP contribution in [0, 0.1) is 11.8 Å². The van der Waals surface area contributed by atoms with Crippen molar-refractivity contribution in [3.8, 4) is 0 Å². The largest absolute Gasteiger partial charge is 0.469 e. The molecule has 2 fully saturated rings. The van der Waals surface area contributed by atoms with Gasteiger partial charge in [0.15, 0.2) is 0 Å². The number of carbonyl (C=O) groups excluding carboxylic acids is 3. The van der Waals surface area contributed by atoms with Gasteiger partial charge in [-0.2, -0.15) is 0 Å². The average molecular weight is 724 g/mol. The molecule has 0 bridgehead atoms. The van der Waals surface area contributed by atoms with Crippen molar-refractivity contribution >= 4 is 61.1 Å². The number of Topliss-reactive ketones (excluding diaryl/α,β-unsaturated/α-hetero) is 1. The maximum atomic E-state index is 13.3. The highest BCUT2D eigenvalue weighted by Gasteiger charge is 2.36. The van der Waals surface area contributed by atoms with Crippen molar-refractivity contribution in [3.63, 3.8) is 0 Å². The number of likely N-dealkylation sites (tertiary alicyclic amines) is 2. The third-order valence-corrected chi connectivity index (χ3v) is 10.5. The molecule has 1 aliphatic carbocycles. The zero-order chi connectivity index (χ0) is 29.8. The van der Waals surface area contributed by atoms with Crippen LogP contribution >= 0.6 is 43.5 Å². The summed E-state index contributed by atoms with van der Waals surface area (Å²) in [6.07, 6.45) is 8.31. The van der Waals surface area contributed by atoms with Gasteiger partial charge in [-0.3, -0.25) is 24.3 Å². The van der Waals surface area contributed by atoms with Crippen molar-refractivity contribution in [2.24, 2.45) is 11.8 Å². The highest BCUT2D eigenvalue weighted by molar-refractivity contribution is 9.10. The Bertz CT molecular complexity index is 1320. The molecule has 7 nitrogen and oxygen atoms in total. The van der Waals surface area contributed by atoms with Crippen LogP contribution in [-0.2, 0) is 32.0 Å². The lowest BCUT2D eigenvalue weighted by molar-refractivity contribution is -0.141. The van der Waals surface area contributed by atoms with Crippen LogP contribution in [-0.4, -0.2) is 72.3 Å². The fourth-order valence-electron chi connectivity index (χ4n) is 6.92. The van der Waals surface area contributed by atoms with Gasteiger partial charge in [-0.1, -0.05) is 27.5 Å². The van der Waals surface area contributed by atoms with Crippen LogP contribution in [0.2, 0.25) is 5.02 Å². The van der Waals surface area contributed by atoms with Gasteiger partial charge in [-0.15, -0.1) is 0 Å². The number of aryl methyl sites for hydroxylation is 2. The predicted molar refractivity (Wildman–Crippen MR) is 170 cm³/mol. The van der Waals surface area contributed by atoms with Crippen LogP contribution in [0.3, 0.4) is 0 Å². The first-order chi connectivity index (χ1) is 20.2. The van der Waals surface area contributed by atoms with Gasteiger partial charge in [0.2, 0.25) is 5.91 Å². The average Bonchev–Trinajstić information content (AvgIpc) is 3.14. The monoisotopic (exact) mass is 721 g/mol. The summed E-state index contributed by atoms with van der Waals surface area (Å²) >= 11 is 13.9. The first kappa shape index (κ1) is 31.6. The number of ether oxygens (including phenoxy) is 1. The third-order valence-electron chi connectivity index (χ3n) is 9.20. The zero-order valence-corrected chi connectivity index (χ0v) is 28.0. The van der Waals surface area contributed by atoms with E-state index in [4.69, 9.17) is 16.6 Å². The second-order valence-corrected chi connectivity index (χ2v) is 14.0. The first-order valence-electron chi connectivity index (χ1n) is 14.9. The van der Waals surface area contributed by atoms with E-state index in [2.05, 4.69) is 53.6 Å². The number of fused-ring (bicyclic) bond motifs is 2. The van der Waals surface area contributed by atoms with E-state index in [1.54, 1.807) is 0 Å². The SMILES string of the molecule is COC(=O)CCCC(=O)N1CCC(C(=O)CN2CCC([C@H]3c4ncc(Br)cc4CCc4cc(Cl)cc(Br)c43)CC2)CC1. The summed E-state index contributed by atoms with van der Waals surface area (Å²) in [5.41, 5.74) is 5.06. The summed E-state index contributed by atoms with van der Waals surface area (Å²) in [7, 11) is 1.36. The molecule has 5 rings (SSSR count). The number of rotatable bonds is 8. The molecule has 3 heterocycles. The third kappa shape index (κ3) is 7.45. The van der Waals surface area contributed by atoms with Crippen molar-refractivity contribution < 1.29 is 19.1 Å². The minimum Gasteiger partial charge on any atom is -0.469 e. The number of aromatic nitrogens is 1. The molecule has 2 aromatic rings. The van der Waals surface area contributed by atoms with Gasteiger partial charge in [0.05, 0.1) is 19.3 Å². The molecule has 0 spiro atoms. The molecular weight excluding hydrogens is 686 g/mol. The molecule has 0 unspecified atom stereocenters. The van der Waals surface area contributed by atoms with E-state index in [-0.39, 0.29) is 30.1 Å². The normalized spacial score (nSPS) is 20.0. The second kappa shape index (κ2) is 14.3. The van der Waals surface area contributed by atoms with Gasteiger partial charge >= 0.3 is 5.97 Å². The van der Waals surface area contributed by atoms with Crippen LogP contribution in [0.25, 0.3) is 0 Å². The number of piperidine rings is 2. The Morgan fingerprint density at radius 3 is 2.40 bits per heavy atom. The van der Waals surface area contributed by atoms with Gasteiger partial charge in [0, 0.05) is 57.9 Å². The maximum absolute atomic E-state index is 13.3. The molecule has 0 N–H and O–H groups in total. The van der Waals surface area contributed by atoms with E-state index in [1.165, 1.54) is 29.5 Å². The fraction of sp³-hybridized carbons (Fsp3) is 0.562. The molecule has 42 heavy (non-hydrogen) atoms. The zero-order valence-electron chi connectivity index (χ0n) is 24.0. The number of pyridine rings is 1. The number of amides is 1. The molecular formula is C32H38Br2ClN3O4. The Hall–Kier alpha value is -1.81. The number of halogens is 3. The van der Waals surface area contributed by atoms with Gasteiger partial charge in [0.1, 0.15) is 5.78 Å². The summed E-state index contributed by atoms with van der Waals surface area (Å²) in [4.78, 5) is 46.2. The Labute approximate surface area is 270 Å².